The summed E-state index contributed by atoms with van der Waals surface area (Å²) in [5.41, 5.74) is 2.26. The number of para-hydroxylation sites is 1. The van der Waals surface area contributed by atoms with Gasteiger partial charge in [0.25, 0.3) is 5.91 Å². The molecule has 2 fully saturated rings. The van der Waals surface area contributed by atoms with Crippen LogP contribution in [0.4, 0.5) is 11.4 Å². The Morgan fingerprint density at radius 3 is 2.21 bits per heavy atom. The molecule has 33 heavy (non-hydrogen) atoms. The first-order valence-corrected chi connectivity index (χ1v) is 12.1. The molecule has 0 spiro atoms. The molecule has 168 valence electrons. The summed E-state index contributed by atoms with van der Waals surface area (Å²) >= 11 is 1.66. The van der Waals surface area contributed by atoms with Crippen molar-refractivity contribution in [1.29, 1.82) is 0 Å². The summed E-state index contributed by atoms with van der Waals surface area (Å²) in [6.45, 7) is 2.45. The number of amides is 2. The van der Waals surface area contributed by atoms with E-state index in [1.54, 1.807) is 41.1 Å². The third kappa shape index (κ3) is 3.77. The van der Waals surface area contributed by atoms with Gasteiger partial charge in [-0.3, -0.25) is 14.4 Å². The number of hydrogen-bond donors (Lipinski definition) is 0. The van der Waals surface area contributed by atoms with E-state index >= 15 is 0 Å². The lowest BCUT2D eigenvalue weighted by molar-refractivity contribution is -0.126. The number of hydrogen-bond acceptors (Lipinski definition) is 6. The molecule has 2 amide bonds. The Morgan fingerprint density at radius 1 is 0.879 bits per heavy atom. The zero-order valence-corrected chi connectivity index (χ0v) is 19.2. The lowest BCUT2D eigenvalue weighted by Gasteiger charge is -2.28. The minimum Gasteiger partial charge on any atom is -0.494 e. The Bertz CT molecular complexity index is 1150. The number of hydroxylamine groups is 1. The van der Waals surface area contributed by atoms with Gasteiger partial charge in [-0.15, -0.1) is 11.8 Å². The van der Waals surface area contributed by atoms with Crippen molar-refractivity contribution in [3.63, 3.8) is 0 Å². The highest BCUT2D eigenvalue weighted by Gasteiger charge is 2.60. The number of imide groups is 1. The summed E-state index contributed by atoms with van der Waals surface area (Å²) in [4.78, 5) is 35.6. The number of rotatable bonds is 6. The molecule has 2 aliphatic rings. The van der Waals surface area contributed by atoms with E-state index in [-0.39, 0.29) is 11.8 Å². The number of fused-ring (bicyclic) bond motifs is 1. The lowest BCUT2D eigenvalue weighted by atomic mass is 9.90. The second-order valence-electron chi connectivity index (χ2n) is 7.87. The summed E-state index contributed by atoms with van der Waals surface area (Å²) < 4.78 is 5.49. The molecule has 0 radical (unpaired) electrons. The van der Waals surface area contributed by atoms with Gasteiger partial charge in [-0.1, -0.05) is 30.3 Å². The molecular formula is C26H24N2O4S. The van der Waals surface area contributed by atoms with Gasteiger partial charge in [0.1, 0.15) is 11.7 Å². The van der Waals surface area contributed by atoms with E-state index in [9.17, 15) is 9.59 Å². The summed E-state index contributed by atoms with van der Waals surface area (Å²) in [7, 11) is 0. The third-order valence-corrected chi connectivity index (χ3v) is 6.73. The molecule has 3 atom stereocenters. The molecule has 0 aliphatic carbocycles. The summed E-state index contributed by atoms with van der Waals surface area (Å²) in [6, 6.07) is 24.3. The highest BCUT2D eigenvalue weighted by Crippen LogP contribution is 2.47. The van der Waals surface area contributed by atoms with Gasteiger partial charge in [0.05, 0.1) is 24.0 Å². The molecule has 6 nitrogen and oxygen atoms in total. The van der Waals surface area contributed by atoms with Crippen molar-refractivity contribution in [2.75, 3.05) is 22.8 Å². The number of ether oxygens (including phenoxy) is 1. The van der Waals surface area contributed by atoms with Gasteiger partial charge in [0.15, 0.2) is 6.10 Å². The van der Waals surface area contributed by atoms with Crippen molar-refractivity contribution in [2.24, 2.45) is 5.92 Å². The van der Waals surface area contributed by atoms with Crippen LogP contribution in [-0.4, -0.2) is 30.8 Å². The summed E-state index contributed by atoms with van der Waals surface area (Å²) in [6.07, 6.45) is 1.14. The molecule has 7 heteroatoms. The van der Waals surface area contributed by atoms with Crippen LogP contribution in [0.15, 0.2) is 83.8 Å². The second-order valence-corrected chi connectivity index (χ2v) is 8.75. The molecule has 2 heterocycles. The van der Waals surface area contributed by atoms with Crippen LogP contribution in [0.5, 0.6) is 5.75 Å². The average molecular weight is 461 g/mol. The maximum absolute atomic E-state index is 13.7. The van der Waals surface area contributed by atoms with Gasteiger partial charge in [-0.2, -0.15) is 0 Å². The highest BCUT2D eigenvalue weighted by atomic mass is 32.2. The fourth-order valence-electron chi connectivity index (χ4n) is 4.47. The van der Waals surface area contributed by atoms with E-state index in [2.05, 4.69) is 0 Å². The van der Waals surface area contributed by atoms with E-state index < -0.39 is 18.1 Å². The van der Waals surface area contributed by atoms with Crippen molar-refractivity contribution in [3.8, 4) is 5.75 Å². The predicted octanol–water partition coefficient (Wildman–Crippen LogP) is 4.86. The van der Waals surface area contributed by atoms with Crippen LogP contribution in [0.1, 0.15) is 18.5 Å². The number of benzene rings is 3. The van der Waals surface area contributed by atoms with Crippen LogP contribution >= 0.6 is 11.8 Å². The van der Waals surface area contributed by atoms with Crippen LogP contribution < -0.4 is 14.7 Å². The van der Waals surface area contributed by atoms with Gasteiger partial charge < -0.3 is 4.74 Å². The molecule has 2 saturated heterocycles. The maximum atomic E-state index is 13.7. The number of carbonyl (C=O) groups is 2. The molecule has 3 aromatic rings. The first-order valence-electron chi connectivity index (χ1n) is 10.9. The number of anilines is 2. The molecule has 0 bridgehead atoms. The molecule has 0 aromatic heterocycles. The van der Waals surface area contributed by atoms with Gasteiger partial charge in [-0.25, -0.2) is 9.96 Å². The van der Waals surface area contributed by atoms with E-state index in [0.717, 1.165) is 16.1 Å². The van der Waals surface area contributed by atoms with Crippen LogP contribution in [0, 0.1) is 5.92 Å². The normalized spacial score (nSPS) is 22.1. The molecule has 0 N–H and O–H groups in total. The van der Waals surface area contributed by atoms with Crippen LogP contribution in [0.2, 0.25) is 0 Å². The average Bonchev–Trinajstić information content (AvgIpc) is 3.36. The van der Waals surface area contributed by atoms with Gasteiger partial charge in [0.2, 0.25) is 5.91 Å². The largest absolute Gasteiger partial charge is 0.494 e. The van der Waals surface area contributed by atoms with Crippen molar-refractivity contribution in [1.82, 2.24) is 0 Å². The Balaban J connectivity index is 1.52. The van der Waals surface area contributed by atoms with Crippen molar-refractivity contribution in [2.45, 2.75) is 24.0 Å². The fraction of sp³-hybridized carbons (Fsp3) is 0.231. The molecular weight excluding hydrogens is 436 g/mol. The molecule has 2 aliphatic heterocycles. The van der Waals surface area contributed by atoms with Crippen LogP contribution in [0.25, 0.3) is 0 Å². The molecule has 3 unspecified atom stereocenters. The predicted molar refractivity (Wildman–Crippen MR) is 128 cm³/mol. The summed E-state index contributed by atoms with van der Waals surface area (Å²) in [5.74, 6) is -0.562. The number of nitrogens with zero attached hydrogens (tertiary/aromatic N) is 2. The third-order valence-electron chi connectivity index (χ3n) is 5.99. The van der Waals surface area contributed by atoms with Crippen LogP contribution in [-0.2, 0) is 14.4 Å². The standard InChI is InChI=1S/C26H24N2O4S/c1-3-31-20-13-11-18(12-14-20)27-25(29)22-23(17-9-15-21(33-2)16-10-17)28(32-24(22)26(27)30)19-7-5-4-6-8-19/h4-16,22-24H,3H2,1-2H3. The van der Waals surface area contributed by atoms with E-state index in [1.807, 2.05) is 67.8 Å². The Labute approximate surface area is 197 Å². The SMILES string of the molecule is CCOc1ccc(N2C(=O)C3ON(c4ccccc4)C(c4ccc(SC)cc4)C3C2=O)cc1. The topological polar surface area (TPSA) is 59.1 Å². The van der Waals surface area contributed by atoms with E-state index in [1.165, 1.54) is 4.90 Å². The smallest absolute Gasteiger partial charge is 0.266 e. The molecule has 0 saturated carbocycles. The summed E-state index contributed by atoms with van der Waals surface area (Å²) in [5, 5.41) is 1.72. The van der Waals surface area contributed by atoms with Gasteiger partial charge in [0, 0.05) is 4.90 Å². The van der Waals surface area contributed by atoms with E-state index in [0.29, 0.717) is 18.0 Å². The lowest BCUT2D eigenvalue weighted by Crippen LogP contribution is -2.37. The van der Waals surface area contributed by atoms with Crippen molar-refractivity contribution in [3.05, 3.63) is 84.4 Å². The fourth-order valence-corrected chi connectivity index (χ4v) is 4.87. The highest BCUT2D eigenvalue weighted by molar-refractivity contribution is 7.98. The zero-order chi connectivity index (χ0) is 22.9. The molecule has 5 rings (SSSR count). The maximum Gasteiger partial charge on any atom is 0.266 e. The van der Waals surface area contributed by atoms with Crippen molar-refractivity contribution < 1.29 is 19.2 Å². The second kappa shape index (κ2) is 8.92. The first-order chi connectivity index (χ1) is 16.1. The molecule has 3 aromatic carbocycles. The number of carbonyl (C=O) groups excluding carboxylic acids is 2. The number of thioether (sulfide) groups is 1. The quantitative estimate of drug-likeness (QED) is 0.387. The Hall–Kier alpha value is -3.29. The zero-order valence-electron chi connectivity index (χ0n) is 18.4. The first kappa shape index (κ1) is 21.6. The van der Waals surface area contributed by atoms with E-state index in [4.69, 9.17) is 9.57 Å². The van der Waals surface area contributed by atoms with Crippen LogP contribution in [0.3, 0.4) is 0 Å². The Kier molecular flexibility index (Phi) is 5.83. The van der Waals surface area contributed by atoms with Gasteiger partial charge in [-0.05, 0) is 67.3 Å². The van der Waals surface area contributed by atoms with Crippen molar-refractivity contribution >= 4 is 35.0 Å². The minimum atomic E-state index is -0.880. The Morgan fingerprint density at radius 2 is 1.58 bits per heavy atom. The monoisotopic (exact) mass is 460 g/mol. The van der Waals surface area contributed by atoms with Gasteiger partial charge >= 0.3 is 0 Å². The minimum absolute atomic E-state index is 0.258.